The molecule has 0 bridgehead atoms. The van der Waals surface area contributed by atoms with E-state index in [0.29, 0.717) is 0 Å². The Morgan fingerprint density at radius 1 is 1.55 bits per heavy atom. The van der Waals surface area contributed by atoms with E-state index in [1.165, 1.54) is 12.3 Å². The molecule has 1 aromatic heterocycles. The largest absolute Gasteiger partial charge is 0.394 e. The lowest BCUT2D eigenvalue weighted by atomic mass is 10.1. The van der Waals surface area contributed by atoms with E-state index in [2.05, 4.69) is 11.6 Å². The van der Waals surface area contributed by atoms with Gasteiger partial charge in [0.25, 0.3) is 5.56 Å². The summed E-state index contributed by atoms with van der Waals surface area (Å²) in [5, 5.41) is 19.2. The fourth-order valence-corrected chi connectivity index (χ4v) is 2.08. The topological polar surface area (TPSA) is 114 Å². The van der Waals surface area contributed by atoms with Gasteiger partial charge in [0.2, 0.25) is 0 Å². The van der Waals surface area contributed by atoms with Crippen LogP contribution in [0.2, 0.25) is 0 Å². The molecule has 8 heteroatoms. The summed E-state index contributed by atoms with van der Waals surface area (Å²) in [4.78, 5) is 24.9. The molecular formula is C12H16N2O6. The van der Waals surface area contributed by atoms with Gasteiger partial charge in [-0.05, 0) is 0 Å². The lowest BCUT2D eigenvalue weighted by molar-refractivity contribution is -0.0686. The maximum atomic E-state index is 11.8. The number of ether oxygens (including phenoxy) is 2. The van der Waals surface area contributed by atoms with Crippen molar-refractivity contribution in [3.63, 3.8) is 0 Å². The second-order valence-corrected chi connectivity index (χ2v) is 4.34. The molecule has 1 aromatic rings. The lowest BCUT2D eigenvalue weighted by Crippen LogP contribution is -2.39. The standard InChI is InChI=1S/C12H16N2O6/c1-2-5-19-10-9(17)7(6-15)20-11(10)14-4-3-8(16)13-12(14)18/h2-4,7,9-11,15,17H,1,5-6H2,(H,13,16,18)/t7-,9?,10?,11-/m0/s1. The Balaban J connectivity index is 2.33. The van der Waals surface area contributed by atoms with Crippen molar-refractivity contribution in [3.8, 4) is 0 Å². The first-order valence-corrected chi connectivity index (χ1v) is 6.07. The van der Waals surface area contributed by atoms with E-state index < -0.39 is 42.4 Å². The quantitative estimate of drug-likeness (QED) is 0.559. The van der Waals surface area contributed by atoms with Gasteiger partial charge in [-0.15, -0.1) is 6.58 Å². The molecule has 0 aliphatic carbocycles. The molecule has 110 valence electrons. The number of rotatable bonds is 5. The van der Waals surface area contributed by atoms with Crippen molar-refractivity contribution in [1.29, 1.82) is 0 Å². The smallest absolute Gasteiger partial charge is 0.330 e. The summed E-state index contributed by atoms with van der Waals surface area (Å²) in [5.74, 6) is 0. The van der Waals surface area contributed by atoms with Crippen LogP contribution in [0.4, 0.5) is 0 Å². The minimum atomic E-state index is -1.09. The molecular weight excluding hydrogens is 268 g/mol. The van der Waals surface area contributed by atoms with Crippen LogP contribution < -0.4 is 11.2 Å². The van der Waals surface area contributed by atoms with Gasteiger partial charge in [0.05, 0.1) is 13.2 Å². The number of nitrogens with zero attached hydrogens (tertiary/aromatic N) is 1. The molecule has 2 heterocycles. The monoisotopic (exact) mass is 284 g/mol. The number of aliphatic hydroxyl groups excluding tert-OH is 2. The summed E-state index contributed by atoms with van der Waals surface area (Å²) < 4.78 is 11.9. The highest BCUT2D eigenvalue weighted by molar-refractivity contribution is 4.94. The second kappa shape index (κ2) is 6.14. The van der Waals surface area contributed by atoms with Crippen LogP contribution in [0, 0.1) is 0 Å². The molecule has 20 heavy (non-hydrogen) atoms. The SMILES string of the molecule is C=CCOC1C(O)[C@H](CO)O[C@@H]1n1ccc(=O)[nH]c1=O. The van der Waals surface area contributed by atoms with Crippen LogP contribution in [0.15, 0.2) is 34.5 Å². The molecule has 4 atom stereocenters. The van der Waals surface area contributed by atoms with Crippen molar-refractivity contribution in [2.75, 3.05) is 13.2 Å². The Hall–Kier alpha value is -1.74. The summed E-state index contributed by atoms with van der Waals surface area (Å²) in [6, 6.07) is 1.16. The Morgan fingerprint density at radius 3 is 2.90 bits per heavy atom. The molecule has 0 amide bonds. The van der Waals surface area contributed by atoms with Gasteiger partial charge in [0.1, 0.15) is 18.3 Å². The summed E-state index contributed by atoms with van der Waals surface area (Å²) in [5.41, 5.74) is -1.22. The molecule has 0 radical (unpaired) electrons. The number of H-pyrrole nitrogens is 1. The normalized spacial score (nSPS) is 29.5. The van der Waals surface area contributed by atoms with E-state index >= 15 is 0 Å². The van der Waals surface area contributed by atoms with Gasteiger partial charge in [0.15, 0.2) is 6.23 Å². The molecule has 0 saturated carbocycles. The summed E-state index contributed by atoms with van der Waals surface area (Å²) in [6.45, 7) is 3.24. The number of aromatic amines is 1. The number of aliphatic hydroxyl groups is 2. The predicted octanol–water partition coefficient (Wildman–Crippen LogP) is -1.64. The van der Waals surface area contributed by atoms with Crippen LogP contribution in [0.1, 0.15) is 6.23 Å². The van der Waals surface area contributed by atoms with Crippen molar-refractivity contribution in [2.45, 2.75) is 24.5 Å². The molecule has 8 nitrogen and oxygen atoms in total. The van der Waals surface area contributed by atoms with Gasteiger partial charge >= 0.3 is 5.69 Å². The number of hydrogen-bond donors (Lipinski definition) is 3. The van der Waals surface area contributed by atoms with E-state index in [1.54, 1.807) is 0 Å². The second-order valence-electron chi connectivity index (χ2n) is 4.34. The average Bonchev–Trinajstić information content (AvgIpc) is 2.73. The van der Waals surface area contributed by atoms with Gasteiger partial charge in [-0.2, -0.15) is 0 Å². The Kier molecular flexibility index (Phi) is 4.50. The van der Waals surface area contributed by atoms with Crippen LogP contribution in [-0.2, 0) is 9.47 Å². The lowest BCUT2D eigenvalue weighted by Gasteiger charge is -2.21. The van der Waals surface area contributed by atoms with Gasteiger partial charge in [0, 0.05) is 12.3 Å². The van der Waals surface area contributed by atoms with E-state index in [9.17, 15) is 14.7 Å². The third kappa shape index (κ3) is 2.73. The minimum Gasteiger partial charge on any atom is -0.394 e. The van der Waals surface area contributed by atoms with E-state index in [4.69, 9.17) is 14.6 Å². The third-order valence-corrected chi connectivity index (χ3v) is 3.02. The molecule has 1 aliphatic rings. The molecule has 1 saturated heterocycles. The van der Waals surface area contributed by atoms with Crippen molar-refractivity contribution >= 4 is 0 Å². The number of hydrogen-bond acceptors (Lipinski definition) is 6. The van der Waals surface area contributed by atoms with Crippen LogP contribution in [-0.4, -0.2) is 51.3 Å². The first-order chi connectivity index (χ1) is 9.58. The van der Waals surface area contributed by atoms with Crippen molar-refractivity contribution < 1.29 is 19.7 Å². The summed E-state index contributed by atoms with van der Waals surface area (Å²) >= 11 is 0. The zero-order valence-corrected chi connectivity index (χ0v) is 10.6. The highest BCUT2D eigenvalue weighted by Crippen LogP contribution is 2.30. The molecule has 1 aliphatic heterocycles. The molecule has 2 rings (SSSR count). The van der Waals surface area contributed by atoms with Crippen molar-refractivity contribution in [3.05, 3.63) is 45.8 Å². The van der Waals surface area contributed by atoms with Gasteiger partial charge in [-0.25, -0.2) is 4.79 Å². The Bertz CT molecular complexity index is 580. The third-order valence-electron chi connectivity index (χ3n) is 3.02. The zero-order valence-electron chi connectivity index (χ0n) is 10.6. The van der Waals surface area contributed by atoms with Crippen molar-refractivity contribution in [2.24, 2.45) is 0 Å². The Morgan fingerprint density at radius 2 is 2.30 bits per heavy atom. The highest BCUT2D eigenvalue weighted by Gasteiger charge is 2.45. The van der Waals surface area contributed by atoms with E-state index in [1.807, 2.05) is 0 Å². The van der Waals surface area contributed by atoms with Gasteiger partial charge < -0.3 is 19.7 Å². The number of aromatic nitrogens is 2. The van der Waals surface area contributed by atoms with Gasteiger partial charge in [-0.1, -0.05) is 6.08 Å². The maximum absolute atomic E-state index is 11.8. The van der Waals surface area contributed by atoms with E-state index in [-0.39, 0.29) is 6.61 Å². The maximum Gasteiger partial charge on any atom is 0.330 e. The Labute approximate surface area is 113 Å². The number of nitrogens with one attached hydrogen (secondary N) is 1. The average molecular weight is 284 g/mol. The zero-order chi connectivity index (χ0) is 14.7. The fraction of sp³-hybridized carbons (Fsp3) is 0.500. The minimum absolute atomic E-state index is 0.151. The van der Waals surface area contributed by atoms with Crippen LogP contribution in [0.5, 0.6) is 0 Å². The first-order valence-electron chi connectivity index (χ1n) is 6.07. The predicted molar refractivity (Wildman–Crippen MR) is 68.3 cm³/mol. The van der Waals surface area contributed by atoms with Crippen LogP contribution >= 0.6 is 0 Å². The molecule has 0 aromatic carbocycles. The molecule has 3 N–H and O–H groups in total. The molecule has 1 fully saturated rings. The van der Waals surface area contributed by atoms with Crippen LogP contribution in [0.25, 0.3) is 0 Å². The molecule has 0 spiro atoms. The first kappa shape index (κ1) is 14.7. The highest BCUT2D eigenvalue weighted by atomic mass is 16.6. The van der Waals surface area contributed by atoms with E-state index in [0.717, 1.165) is 10.6 Å². The van der Waals surface area contributed by atoms with Crippen LogP contribution in [0.3, 0.4) is 0 Å². The summed E-state index contributed by atoms with van der Waals surface area (Å²) in [7, 11) is 0. The molecule has 2 unspecified atom stereocenters. The summed E-state index contributed by atoms with van der Waals surface area (Å²) in [6.07, 6.45) is -1.01. The van der Waals surface area contributed by atoms with Gasteiger partial charge in [-0.3, -0.25) is 14.3 Å². The van der Waals surface area contributed by atoms with Crippen molar-refractivity contribution in [1.82, 2.24) is 9.55 Å². The fourth-order valence-electron chi connectivity index (χ4n) is 2.08.